The monoisotopic (exact) mass is 304 g/mol. The third-order valence-corrected chi connectivity index (χ3v) is 3.51. The van der Waals surface area contributed by atoms with Crippen molar-refractivity contribution in [2.45, 2.75) is 19.9 Å². The number of carbonyl (C=O) groups excluding carboxylic acids is 1. The molecule has 1 heterocycles. The quantitative estimate of drug-likeness (QED) is 0.926. The molecule has 112 valence electrons. The van der Waals surface area contributed by atoms with E-state index in [1.165, 1.54) is 23.1 Å². The predicted molar refractivity (Wildman–Crippen MR) is 75.7 cm³/mol. The van der Waals surface area contributed by atoms with Crippen molar-refractivity contribution in [2.75, 3.05) is 19.6 Å². The fourth-order valence-electron chi connectivity index (χ4n) is 2.34. The Morgan fingerprint density at radius 3 is 2.55 bits per heavy atom. The lowest BCUT2D eigenvalue weighted by atomic mass is 10.1. The Hall–Kier alpha value is -1.20. The van der Waals surface area contributed by atoms with Gasteiger partial charge in [-0.05, 0) is 32.0 Å². The molecule has 1 aromatic rings. The Kier molecular flexibility index (Phi) is 6.36. The molecule has 1 aromatic carbocycles. The van der Waals surface area contributed by atoms with E-state index < -0.39 is 11.6 Å². The van der Waals surface area contributed by atoms with Gasteiger partial charge in [-0.3, -0.25) is 4.79 Å². The molecule has 0 spiro atoms. The highest BCUT2D eigenvalue weighted by Gasteiger charge is 2.27. The summed E-state index contributed by atoms with van der Waals surface area (Å²) in [7, 11) is 0. The van der Waals surface area contributed by atoms with E-state index in [0.717, 1.165) is 13.0 Å². The molecule has 1 aliphatic heterocycles. The Morgan fingerprint density at radius 2 is 2.05 bits per heavy atom. The van der Waals surface area contributed by atoms with E-state index in [1.54, 1.807) is 0 Å². The fraction of sp³-hybridized carbons (Fsp3) is 0.500. The predicted octanol–water partition coefficient (Wildman–Crippen LogP) is 2.34. The van der Waals surface area contributed by atoms with E-state index in [0.29, 0.717) is 13.1 Å². The van der Waals surface area contributed by atoms with Gasteiger partial charge in [0, 0.05) is 18.7 Å². The van der Waals surface area contributed by atoms with Crippen LogP contribution in [0, 0.1) is 17.6 Å². The Balaban J connectivity index is 0.00000200. The molecule has 1 unspecified atom stereocenters. The first kappa shape index (κ1) is 16.9. The molecule has 0 bridgehead atoms. The zero-order valence-electron chi connectivity index (χ0n) is 11.4. The number of rotatable bonds is 4. The van der Waals surface area contributed by atoms with Crippen LogP contribution in [0.2, 0.25) is 0 Å². The number of hydrogen-bond acceptors (Lipinski definition) is 2. The van der Waals surface area contributed by atoms with Crippen LogP contribution in [0.15, 0.2) is 18.2 Å². The zero-order chi connectivity index (χ0) is 13.8. The van der Waals surface area contributed by atoms with Crippen LogP contribution in [-0.4, -0.2) is 30.4 Å². The number of nitrogens with one attached hydrogen (secondary N) is 1. The average molecular weight is 305 g/mol. The average Bonchev–Trinajstić information content (AvgIpc) is 2.92. The molecular formula is C14H19ClF2N2O. The summed E-state index contributed by atoms with van der Waals surface area (Å²) < 4.78 is 27.2. The van der Waals surface area contributed by atoms with Gasteiger partial charge in [0.05, 0.1) is 12.5 Å². The van der Waals surface area contributed by atoms with E-state index in [4.69, 9.17) is 0 Å². The molecule has 0 aromatic heterocycles. The van der Waals surface area contributed by atoms with Gasteiger partial charge in [0.25, 0.3) is 0 Å². The molecule has 0 aliphatic carbocycles. The number of halogens is 3. The van der Waals surface area contributed by atoms with Crippen molar-refractivity contribution in [3.63, 3.8) is 0 Å². The molecule has 0 saturated carbocycles. The van der Waals surface area contributed by atoms with Crippen LogP contribution in [0.25, 0.3) is 0 Å². The molecule has 3 nitrogen and oxygen atoms in total. The molecule has 1 fully saturated rings. The number of benzene rings is 1. The molecular weight excluding hydrogens is 286 g/mol. The standard InChI is InChI=1S/C14H18F2N2O.ClH/c1-2-18(14(19)10-6-7-17-8-10)9-11-12(15)4-3-5-13(11)16;/h3-5,10,17H,2,6-9H2,1H3;1H. The topological polar surface area (TPSA) is 32.3 Å². The first-order valence-electron chi connectivity index (χ1n) is 6.56. The highest BCUT2D eigenvalue weighted by Crippen LogP contribution is 2.18. The molecule has 6 heteroatoms. The summed E-state index contributed by atoms with van der Waals surface area (Å²) in [5.41, 5.74) is -0.0383. The Labute approximate surface area is 123 Å². The molecule has 1 saturated heterocycles. The molecule has 1 aliphatic rings. The maximum absolute atomic E-state index is 13.6. The van der Waals surface area contributed by atoms with Gasteiger partial charge in [-0.25, -0.2) is 8.78 Å². The maximum Gasteiger partial charge on any atom is 0.227 e. The molecule has 20 heavy (non-hydrogen) atoms. The van der Waals surface area contributed by atoms with Gasteiger partial charge in [0.15, 0.2) is 0 Å². The molecule has 1 amide bonds. The first-order chi connectivity index (χ1) is 9.13. The smallest absolute Gasteiger partial charge is 0.227 e. The SMILES string of the molecule is CCN(Cc1c(F)cccc1F)C(=O)C1CCNC1.Cl. The maximum atomic E-state index is 13.6. The second kappa shape index (κ2) is 7.55. The van der Waals surface area contributed by atoms with E-state index >= 15 is 0 Å². The van der Waals surface area contributed by atoms with Crippen LogP contribution in [0.4, 0.5) is 8.78 Å². The van der Waals surface area contributed by atoms with Crippen LogP contribution in [0.5, 0.6) is 0 Å². The van der Waals surface area contributed by atoms with Crippen molar-refractivity contribution in [3.05, 3.63) is 35.4 Å². The van der Waals surface area contributed by atoms with Gasteiger partial charge >= 0.3 is 0 Å². The largest absolute Gasteiger partial charge is 0.338 e. The van der Waals surface area contributed by atoms with E-state index in [9.17, 15) is 13.6 Å². The second-order valence-corrected chi connectivity index (χ2v) is 4.74. The van der Waals surface area contributed by atoms with Crippen LogP contribution < -0.4 is 5.32 Å². The second-order valence-electron chi connectivity index (χ2n) is 4.74. The lowest BCUT2D eigenvalue weighted by Gasteiger charge is -2.24. The zero-order valence-corrected chi connectivity index (χ0v) is 12.2. The van der Waals surface area contributed by atoms with Gasteiger partial charge in [-0.2, -0.15) is 0 Å². The normalized spacial score (nSPS) is 17.6. The highest BCUT2D eigenvalue weighted by molar-refractivity contribution is 5.85. The third-order valence-electron chi connectivity index (χ3n) is 3.51. The van der Waals surface area contributed by atoms with Crippen molar-refractivity contribution in [1.82, 2.24) is 10.2 Å². The molecule has 2 rings (SSSR count). The Bertz CT molecular complexity index is 444. The van der Waals surface area contributed by atoms with Gasteiger partial charge in [0.2, 0.25) is 5.91 Å². The van der Waals surface area contributed by atoms with Gasteiger partial charge in [0.1, 0.15) is 11.6 Å². The van der Waals surface area contributed by atoms with Crippen LogP contribution >= 0.6 is 12.4 Å². The number of carbonyl (C=O) groups is 1. The summed E-state index contributed by atoms with van der Waals surface area (Å²) in [6.45, 7) is 3.73. The fourth-order valence-corrected chi connectivity index (χ4v) is 2.34. The van der Waals surface area contributed by atoms with Crippen molar-refractivity contribution in [3.8, 4) is 0 Å². The summed E-state index contributed by atoms with van der Waals surface area (Å²) in [5, 5.41) is 3.12. The number of nitrogens with zero attached hydrogens (tertiary/aromatic N) is 1. The van der Waals surface area contributed by atoms with Crippen LogP contribution in [0.1, 0.15) is 18.9 Å². The van der Waals surface area contributed by atoms with Crippen LogP contribution in [0.3, 0.4) is 0 Å². The van der Waals surface area contributed by atoms with Gasteiger partial charge < -0.3 is 10.2 Å². The highest BCUT2D eigenvalue weighted by atomic mass is 35.5. The summed E-state index contributed by atoms with van der Waals surface area (Å²) in [6.07, 6.45) is 0.787. The molecule has 1 N–H and O–H groups in total. The summed E-state index contributed by atoms with van der Waals surface area (Å²) in [6, 6.07) is 3.76. The molecule has 1 atom stereocenters. The van der Waals surface area contributed by atoms with Crippen molar-refractivity contribution < 1.29 is 13.6 Å². The lowest BCUT2D eigenvalue weighted by molar-refractivity contribution is -0.135. The van der Waals surface area contributed by atoms with Gasteiger partial charge in [-0.15, -0.1) is 12.4 Å². The van der Waals surface area contributed by atoms with E-state index in [-0.39, 0.29) is 36.3 Å². The van der Waals surface area contributed by atoms with Crippen molar-refractivity contribution in [1.29, 1.82) is 0 Å². The lowest BCUT2D eigenvalue weighted by Crippen LogP contribution is -2.37. The van der Waals surface area contributed by atoms with Crippen LogP contribution in [-0.2, 0) is 11.3 Å². The van der Waals surface area contributed by atoms with E-state index in [2.05, 4.69) is 5.32 Å². The summed E-state index contributed by atoms with van der Waals surface area (Å²) in [4.78, 5) is 13.8. The minimum Gasteiger partial charge on any atom is -0.338 e. The van der Waals surface area contributed by atoms with Crippen molar-refractivity contribution in [2.24, 2.45) is 5.92 Å². The number of amides is 1. The first-order valence-corrected chi connectivity index (χ1v) is 6.56. The minimum absolute atomic E-state index is 0. The minimum atomic E-state index is -0.601. The van der Waals surface area contributed by atoms with Crippen molar-refractivity contribution >= 4 is 18.3 Å². The summed E-state index contributed by atoms with van der Waals surface area (Å²) in [5.74, 6) is -1.31. The summed E-state index contributed by atoms with van der Waals surface area (Å²) >= 11 is 0. The van der Waals surface area contributed by atoms with E-state index in [1.807, 2.05) is 6.92 Å². The third kappa shape index (κ3) is 3.67. The number of hydrogen-bond donors (Lipinski definition) is 1. The Morgan fingerprint density at radius 1 is 1.40 bits per heavy atom. The molecule has 0 radical (unpaired) electrons. The van der Waals surface area contributed by atoms with Gasteiger partial charge in [-0.1, -0.05) is 6.07 Å².